The number of carbonyl (C=O) groups excluding carboxylic acids is 2. The van der Waals surface area contributed by atoms with Crippen LogP contribution in [0.4, 0.5) is 10.5 Å². The second-order valence-corrected chi connectivity index (χ2v) is 10.4. The number of nitrogens with one attached hydrogen (secondary N) is 1. The molecule has 0 radical (unpaired) electrons. The van der Waals surface area contributed by atoms with Gasteiger partial charge in [-0.3, -0.25) is 14.6 Å². The maximum Gasteiger partial charge on any atom is 0.319 e. The SMILES string of the molecule is CCCCN(C(N)=O)c1ccc(OCC)cc1C(=O)NCC1CCN(C(c2ccccc2)c2ccccc2)CC1. The zero-order valence-electron chi connectivity index (χ0n) is 23.7. The predicted octanol–water partition coefficient (Wildman–Crippen LogP) is 6.00. The smallest absolute Gasteiger partial charge is 0.319 e. The van der Waals surface area contributed by atoms with E-state index in [1.807, 2.05) is 6.92 Å². The number of hydrogen-bond acceptors (Lipinski definition) is 4. The summed E-state index contributed by atoms with van der Waals surface area (Å²) >= 11 is 0. The lowest BCUT2D eigenvalue weighted by Crippen LogP contribution is -2.41. The molecular weight excluding hydrogens is 500 g/mol. The highest BCUT2D eigenvalue weighted by atomic mass is 16.5. The topological polar surface area (TPSA) is 87.9 Å². The largest absolute Gasteiger partial charge is 0.494 e. The number of likely N-dealkylation sites (tertiary alicyclic amines) is 1. The van der Waals surface area contributed by atoms with E-state index in [4.69, 9.17) is 10.5 Å². The normalized spacial score (nSPS) is 14.2. The maximum atomic E-state index is 13.5. The van der Waals surface area contributed by atoms with Crippen molar-refractivity contribution in [1.29, 1.82) is 0 Å². The van der Waals surface area contributed by atoms with Gasteiger partial charge in [0.1, 0.15) is 5.75 Å². The van der Waals surface area contributed by atoms with E-state index in [0.29, 0.717) is 42.6 Å². The second kappa shape index (κ2) is 14.5. The number of piperidine rings is 1. The first-order chi connectivity index (χ1) is 19.5. The molecule has 40 heavy (non-hydrogen) atoms. The molecule has 212 valence electrons. The summed E-state index contributed by atoms with van der Waals surface area (Å²) in [7, 11) is 0. The van der Waals surface area contributed by atoms with Crippen molar-refractivity contribution in [3.8, 4) is 5.75 Å². The van der Waals surface area contributed by atoms with Gasteiger partial charge in [0.05, 0.1) is 23.9 Å². The second-order valence-electron chi connectivity index (χ2n) is 10.4. The molecule has 0 bridgehead atoms. The molecule has 7 nitrogen and oxygen atoms in total. The third-order valence-electron chi connectivity index (χ3n) is 7.61. The third-order valence-corrected chi connectivity index (χ3v) is 7.61. The van der Waals surface area contributed by atoms with Gasteiger partial charge in [-0.05, 0) is 74.5 Å². The minimum Gasteiger partial charge on any atom is -0.494 e. The highest BCUT2D eigenvalue weighted by Crippen LogP contribution is 2.32. The Morgan fingerprint density at radius 2 is 1.60 bits per heavy atom. The number of carbonyl (C=O) groups is 2. The van der Waals surface area contributed by atoms with E-state index in [1.54, 1.807) is 18.2 Å². The molecule has 0 aliphatic carbocycles. The van der Waals surface area contributed by atoms with Gasteiger partial charge in [-0.15, -0.1) is 0 Å². The van der Waals surface area contributed by atoms with Crippen molar-refractivity contribution >= 4 is 17.6 Å². The van der Waals surface area contributed by atoms with Gasteiger partial charge < -0.3 is 15.8 Å². The van der Waals surface area contributed by atoms with Crippen molar-refractivity contribution in [2.24, 2.45) is 11.7 Å². The summed E-state index contributed by atoms with van der Waals surface area (Å²) in [6.45, 7) is 7.39. The minimum absolute atomic E-state index is 0.213. The van der Waals surface area contributed by atoms with Crippen LogP contribution in [-0.4, -0.2) is 49.6 Å². The van der Waals surface area contributed by atoms with Crippen LogP contribution in [-0.2, 0) is 0 Å². The summed E-state index contributed by atoms with van der Waals surface area (Å²) < 4.78 is 5.65. The maximum absolute atomic E-state index is 13.5. The summed E-state index contributed by atoms with van der Waals surface area (Å²) in [5, 5.41) is 3.14. The first kappa shape index (κ1) is 29.2. The summed E-state index contributed by atoms with van der Waals surface area (Å²) in [5.74, 6) is 0.754. The van der Waals surface area contributed by atoms with Crippen LogP contribution < -0.4 is 20.7 Å². The lowest BCUT2D eigenvalue weighted by Gasteiger charge is -2.38. The average molecular weight is 543 g/mol. The van der Waals surface area contributed by atoms with Crippen LogP contribution in [0.25, 0.3) is 0 Å². The van der Waals surface area contributed by atoms with Crippen molar-refractivity contribution in [2.45, 2.75) is 45.6 Å². The molecule has 3 N–H and O–H groups in total. The molecular formula is C33H42N4O3. The number of urea groups is 1. The molecule has 0 atom stereocenters. The van der Waals surface area contributed by atoms with Crippen LogP contribution >= 0.6 is 0 Å². The monoisotopic (exact) mass is 542 g/mol. The third kappa shape index (κ3) is 7.42. The number of amides is 3. The molecule has 1 heterocycles. The van der Waals surface area contributed by atoms with E-state index in [9.17, 15) is 9.59 Å². The van der Waals surface area contributed by atoms with E-state index in [-0.39, 0.29) is 11.9 Å². The molecule has 4 rings (SSSR count). The summed E-state index contributed by atoms with van der Waals surface area (Å²) in [5.41, 5.74) is 9.23. The van der Waals surface area contributed by atoms with Gasteiger partial charge in [0.2, 0.25) is 0 Å². The van der Waals surface area contributed by atoms with Crippen LogP contribution in [0.15, 0.2) is 78.9 Å². The van der Waals surface area contributed by atoms with Crippen molar-refractivity contribution in [1.82, 2.24) is 10.2 Å². The number of unbranched alkanes of at least 4 members (excludes halogenated alkanes) is 1. The number of nitrogens with two attached hydrogens (primary N) is 1. The molecule has 0 aromatic heterocycles. The molecule has 1 aliphatic rings. The number of nitrogens with zero attached hydrogens (tertiary/aromatic N) is 2. The Bertz CT molecular complexity index is 1190. The van der Waals surface area contributed by atoms with Gasteiger partial charge in [-0.25, -0.2) is 4.79 Å². The van der Waals surface area contributed by atoms with Gasteiger partial charge in [-0.1, -0.05) is 74.0 Å². The highest BCUT2D eigenvalue weighted by molar-refractivity contribution is 6.04. The first-order valence-electron chi connectivity index (χ1n) is 14.5. The number of ether oxygens (including phenoxy) is 1. The fourth-order valence-electron chi connectivity index (χ4n) is 5.49. The number of benzene rings is 3. The fraction of sp³-hybridized carbons (Fsp3) is 0.394. The van der Waals surface area contributed by atoms with Gasteiger partial charge >= 0.3 is 6.03 Å². The Morgan fingerprint density at radius 3 is 2.15 bits per heavy atom. The van der Waals surface area contributed by atoms with E-state index < -0.39 is 6.03 Å². The summed E-state index contributed by atoms with van der Waals surface area (Å²) in [4.78, 5) is 29.8. The van der Waals surface area contributed by atoms with Crippen LogP contribution in [0, 0.1) is 5.92 Å². The quantitative estimate of drug-likeness (QED) is 0.294. The number of hydrogen-bond donors (Lipinski definition) is 2. The van der Waals surface area contributed by atoms with Gasteiger partial charge in [-0.2, -0.15) is 0 Å². The molecule has 0 saturated carbocycles. The fourth-order valence-corrected chi connectivity index (χ4v) is 5.49. The summed E-state index contributed by atoms with van der Waals surface area (Å²) in [6, 6.07) is 26.2. The molecule has 3 aromatic rings. The lowest BCUT2D eigenvalue weighted by molar-refractivity contribution is 0.0930. The molecule has 1 fully saturated rings. The minimum atomic E-state index is -0.564. The van der Waals surface area contributed by atoms with E-state index in [1.165, 1.54) is 16.0 Å². The Kier molecular flexibility index (Phi) is 10.6. The molecule has 1 saturated heterocycles. The number of anilines is 1. The van der Waals surface area contributed by atoms with Crippen LogP contribution in [0.2, 0.25) is 0 Å². The highest BCUT2D eigenvalue weighted by Gasteiger charge is 2.28. The van der Waals surface area contributed by atoms with Crippen molar-refractivity contribution in [3.05, 3.63) is 95.6 Å². The Labute approximate surface area is 238 Å². The molecule has 3 aromatic carbocycles. The molecule has 0 spiro atoms. The number of rotatable bonds is 12. The zero-order valence-corrected chi connectivity index (χ0v) is 23.7. The zero-order chi connectivity index (χ0) is 28.3. The Balaban J connectivity index is 1.43. The van der Waals surface area contributed by atoms with Gasteiger partial charge in [0.25, 0.3) is 5.91 Å². The summed E-state index contributed by atoms with van der Waals surface area (Å²) in [6.07, 6.45) is 3.69. The van der Waals surface area contributed by atoms with E-state index in [0.717, 1.165) is 38.8 Å². The first-order valence-corrected chi connectivity index (χ1v) is 14.5. The Hall–Kier alpha value is -3.84. The predicted molar refractivity (Wildman–Crippen MR) is 161 cm³/mol. The van der Waals surface area contributed by atoms with Gasteiger partial charge in [0.15, 0.2) is 0 Å². The molecule has 3 amide bonds. The van der Waals surface area contributed by atoms with Crippen LogP contribution in [0.5, 0.6) is 5.75 Å². The average Bonchev–Trinajstić information content (AvgIpc) is 2.98. The van der Waals surface area contributed by atoms with Crippen LogP contribution in [0.3, 0.4) is 0 Å². The van der Waals surface area contributed by atoms with Gasteiger partial charge in [0, 0.05) is 13.1 Å². The standard InChI is InChI=1S/C33H42N4O3/c1-3-5-20-37(33(34)39)30-17-16-28(40-4-2)23-29(30)32(38)35-24-25-18-21-36(22-19-25)31(26-12-8-6-9-13-26)27-14-10-7-11-15-27/h6-17,23,25,31H,3-5,18-22,24H2,1-2H3,(H2,34,39)(H,35,38). The number of primary amides is 1. The van der Waals surface area contributed by atoms with Crippen molar-refractivity contribution < 1.29 is 14.3 Å². The Morgan fingerprint density at radius 1 is 0.975 bits per heavy atom. The van der Waals surface area contributed by atoms with E-state index in [2.05, 4.69) is 77.8 Å². The van der Waals surface area contributed by atoms with Crippen molar-refractivity contribution in [3.63, 3.8) is 0 Å². The van der Waals surface area contributed by atoms with E-state index >= 15 is 0 Å². The molecule has 0 unspecified atom stereocenters. The lowest BCUT2D eigenvalue weighted by atomic mass is 9.91. The molecule has 1 aliphatic heterocycles. The molecule has 7 heteroatoms. The van der Waals surface area contributed by atoms with Crippen LogP contribution in [0.1, 0.15) is 67.1 Å². The van der Waals surface area contributed by atoms with Crippen molar-refractivity contribution in [2.75, 3.05) is 37.7 Å².